The van der Waals surface area contributed by atoms with Crippen LogP contribution in [0.1, 0.15) is 24.3 Å². The average molecular weight is 239 g/mol. The number of rotatable bonds is 2. The number of benzene rings is 1. The SMILES string of the molecule is NCC1CCNCCC1c1ccccc1Cl. The van der Waals surface area contributed by atoms with Crippen molar-refractivity contribution in [3.8, 4) is 0 Å². The minimum atomic E-state index is 0.508. The second-order valence-electron chi connectivity index (χ2n) is 4.45. The molecule has 1 saturated heterocycles. The third kappa shape index (κ3) is 2.57. The standard InChI is InChI=1S/C13H19ClN2/c14-13-4-2-1-3-12(13)11-6-8-16-7-5-10(11)9-15/h1-4,10-11,16H,5-9,15H2. The highest BCUT2D eigenvalue weighted by molar-refractivity contribution is 6.31. The summed E-state index contributed by atoms with van der Waals surface area (Å²) < 4.78 is 0. The van der Waals surface area contributed by atoms with Gasteiger partial charge in [-0.3, -0.25) is 0 Å². The van der Waals surface area contributed by atoms with Crippen LogP contribution in [0.3, 0.4) is 0 Å². The summed E-state index contributed by atoms with van der Waals surface area (Å²) in [5, 5.41) is 4.31. The molecule has 0 radical (unpaired) electrons. The van der Waals surface area contributed by atoms with Gasteiger partial charge in [-0.05, 0) is 55.9 Å². The molecule has 88 valence electrons. The molecule has 0 aromatic heterocycles. The van der Waals surface area contributed by atoms with Crippen LogP contribution in [-0.2, 0) is 0 Å². The van der Waals surface area contributed by atoms with E-state index in [-0.39, 0.29) is 0 Å². The zero-order chi connectivity index (χ0) is 11.4. The Hall–Kier alpha value is -0.570. The van der Waals surface area contributed by atoms with Crippen LogP contribution in [-0.4, -0.2) is 19.6 Å². The summed E-state index contributed by atoms with van der Waals surface area (Å²) in [4.78, 5) is 0. The third-order valence-electron chi connectivity index (χ3n) is 3.50. The van der Waals surface area contributed by atoms with Crippen molar-refractivity contribution >= 4 is 11.6 Å². The van der Waals surface area contributed by atoms with Gasteiger partial charge in [0.05, 0.1) is 0 Å². The van der Waals surface area contributed by atoms with Gasteiger partial charge in [-0.2, -0.15) is 0 Å². The molecule has 1 heterocycles. The van der Waals surface area contributed by atoms with Gasteiger partial charge in [0.1, 0.15) is 0 Å². The van der Waals surface area contributed by atoms with E-state index in [1.54, 1.807) is 0 Å². The van der Waals surface area contributed by atoms with E-state index in [4.69, 9.17) is 17.3 Å². The maximum atomic E-state index is 6.27. The van der Waals surface area contributed by atoms with Gasteiger partial charge >= 0.3 is 0 Å². The second-order valence-corrected chi connectivity index (χ2v) is 4.86. The first-order valence-electron chi connectivity index (χ1n) is 5.98. The van der Waals surface area contributed by atoms with Crippen LogP contribution < -0.4 is 11.1 Å². The number of hydrogen-bond donors (Lipinski definition) is 2. The fourth-order valence-electron chi connectivity index (χ4n) is 2.57. The Morgan fingerprint density at radius 1 is 1.25 bits per heavy atom. The molecule has 0 saturated carbocycles. The van der Waals surface area contributed by atoms with E-state index in [9.17, 15) is 0 Å². The lowest BCUT2D eigenvalue weighted by atomic mass is 9.82. The fourth-order valence-corrected chi connectivity index (χ4v) is 2.85. The van der Waals surface area contributed by atoms with Gasteiger partial charge < -0.3 is 11.1 Å². The largest absolute Gasteiger partial charge is 0.330 e. The number of nitrogens with two attached hydrogens (primary N) is 1. The third-order valence-corrected chi connectivity index (χ3v) is 3.84. The molecule has 1 aromatic carbocycles. The summed E-state index contributed by atoms with van der Waals surface area (Å²) in [6, 6.07) is 8.16. The summed E-state index contributed by atoms with van der Waals surface area (Å²) in [6.07, 6.45) is 2.28. The zero-order valence-electron chi connectivity index (χ0n) is 9.45. The molecule has 0 bridgehead atoms. The van der Waals surface area contributed by atoms with Crippen LogP contribution in [0.4, 0.5) is 0 Å². The van der Waals surface area contributed by atoms with Crippen LogP contribution in [0.25, 0.3) is 0 Å². The second kappa shape index (κ2) is 5.67. The van der Waals surface area contributed by atoms with Crippen LogP contribution in [0, 0.1) is 5.92 Å². The first-order chi connectivity index (χ1) is 7.83. The van der Waals surface area contributed by atoms with Crippen LogP contribution in [0.2, 0.25) is 5.02 Å². The van der Waals surface area contributed by atoms with E-state index in [0.717, 1.165) is 37.5 Å². The minimum absolute atomic E-state index is 0.508. The summed E-state index contributed by atoms with van der Waals surface area (Å²) in [7, 11) is 0. The molecule has 1 aliphatic heterocycles. The van der Waals surface area contributed by atoms with Gasteiger partial charge in [-0.1, -0.05) is 29.8 Å². The topological polar surface area (TPSA) is 38.0 Å². The Bertz CT molecular complexity index is 340. The van der Waals surface area contributed by atoms with Crippen LogP contribution in [0.5, 0.6) is 0 Å². The highest BCUT2D eigenvalue weighted by atomic mass is 35.5. The first kappa shape index (κ1) is 11.9. The predicted molar refractivity (Wildman–Crippen MR) is 68.8 cm³/mol. The lowest BCUT2D eigenvalue weighted by molar-refractivity contribution is 0.419. The maximum Gasteiger partial charge on any atom is 0.0440 e. The van der Waals surface area contributed by atoms with E-state index in [1.807, 2.05) is 12.1 Å². The van der Waals surface area contributed by atoms with Crippen molar-refractivity contribution in [1.29, 1.82) is 0 Å². The van der Waals surface area contributed by atoms with Gasteiger partial charge in [0.15, 0.2) is 0 Å². The zero-order valence-corrected chi connectivity index (χ0v) is 10.2. The molecule has 1 aromatic rings. The maximum absolute atomic E-state index is 6.27. The van der Waals surface area contributed by atoms with Gasteiger partial charge in [0, 0.05) is 5.02 Å². The smallest absolute Gasteiger partial charge is 0.0440 e. The van der Waals surface area contributed by atoms with Crippen molar-refractivity contribution in [2.24, 2.45) is 11.7 Å². The van der Waals surface area contributed by atoms with Crippen LogP contribution >= 0.6 is 11.6 Å². The van der Waals surface area contributed by atoms with E-state index in [2.05, 4.69) is 17.4 Å². The summed E-state index contributed by atoms with van der Waals surface area (Å²) in [5.74, 6) is 1.06. The highest BCUT2D eigenvalue weighted by Gasteiger charge is 2.25. The van der Waals surface area contributed by atoms with Gasteiger partial charge in [0.2, 0.25) is 0 Å². The predicted octanol–water partition coefficient (Wildman–Crippen LogP) is 2.38. The Balaban J connectivity index is 2.25. The quantitative estimate of drug-likeness (QED) is 0.830. The summed E-state index contributed by atoms with van der Waals surface area (Å²) in [6.45, 7) is 2.88. The molecule has 0 spiro atoms. The van der Waals surface area contributed by atoms with Crippen LogP contribution in [0.15, 0.2) is 24.3 Å². The molecule has 3 N–H and O–H groups in total. The lowest BCUT2D eigenvalue weighted by Crippen LogP contribution is -2.22. The molecular formula is C13H19ClN2. The summed E-state index contributed by atoms with van der Waals surface area (Å²) >= 11 is 6.27. The average Bonchev–Trinajstić information content (AvgIpc) is 2.54. The monoisotopic (exact) mass is 238 g/mol. The Morgan fingerprint density at radius 2 is 2.00 bits per heavy atom. The van der Waals surface area contributed by atoms with E-state index in [1.165, 1.54) is 5.56 Å². The lowest BCUT2D eigenvalue weighted by Gasteiger charge is -2.24. The first-order valence-corrected chi connectivity index (χ1v) is 6.36. The van der Waals surface area contributed by atoms with Gasteiger partial charge in [-0.25, -0.2) is 0 Å². The van der Waals surface area contributed by atoms with Crippen molar-refractivity contribution in [2.75, 3.05) is 19.6 Å². The molecule has 0 aliphatic carbocycles. The molecule has 3 heteroatoms. The molecular weight excluding hydrogens is 220 g/mol. The van der Waals surface area contributed by atoms with Crippen molar-refractivity contribution in [1.82, 2.24) is 5.32 Å². The Labute approximate surface area is 102 Å². The van der Waals surface area contributed by atoms with E-state index < -0.39 is 0 Å². The molecule has 1 aliphatic rings. The molecule has 2 rings (SSSR count). The molecule has 0 amide bonds. The normalized spacial score (nSPS) is 26.4. The molecule has 2 unspecified atom stereocenters. The van der Waals surface area contributed by atoms with Gasteiger partial charge in [-0.15, -0.1) is 0 Å². The van der Waals surface area contributed by atoms with E-state index in [0.29, 0.717) is 11.8 Å². The summed E-state index contributed by atoms with van der Waals surface area (Å²) in [5.41, 5.74) is 7.15. The van der Waals surface area contributed by atoms with Crippen molar-refractivity contribution in [2.45, 2.75) is 18.8 Å². The Kier molecular flexibility index (Phi) is 4.22. The molecule has 2 atom stereocenters. The van der Waals surface area contributed by atoms with Gasteiger partial charge in [0.25, 0.3) is 0 Å². The minimum Gasteiger partial charge on any atom is -0.330 e. The van der Waals surface area contributed by atoms with Crippen molar-refractivity contribution in [3.05, 3.63) is 34.9 Å². The number of hydrogen-bond acceptors (Lipinski definition) is 2. The number of halogens is 1. The fraction of sp³-hybridized carbons (Fsp3) is 0.538. The molecule has 16 heavy (non-hydrogen) atoms. The highest BCUT2D eigenvalue weighted by Crippen LogP contribution is 2.34. The van der Waals surface area contributed by atoms with Crippen molar-refractivity contribution < 1.29 is 0 Å². The number of nitrogens with one attached hydrogen (secondary N) is 1. The van der Waals surface area contributed by atoms with E-state index >= 15 is 0 Å². The molecule has 1 fully saturated rings. The van der Waals surface area contributed by atoms with Crippen molar-refractivity contribution in [3.63, 3.8) is 0 Å². The Morgan fingerprint density at radius 3 is 2.75 bits per heavy atom. The molecule has 2 nitrogen and oxygen atoms in total.